The van der Waals surface area contributed by atoms with E-state index in [1.165, 1.54) is 14.2 Å². The SMILES string of the molecule is COc1cc(OC)c(NC(=O)N(C)CCC2OCCO2)cc1Cl. The Labute approximate surface area is 140 Å². The summed E-state index contributed by atoms with van der Waals surface area (Å²) in [6.07, 6.45) is 0.375. The van der Waals surface area contributed by atoms with Gasteiger partial charge in [-0.15, -0.1) is 0 Å². The maximum absolute atomic E-state index is 12.3. The third-order valence-electron chi connectivity index (χ3n) is 3.45. The zero-order chi connectivity index (χ0) is 16.8. The lowest BCUT2D eigenvalue weighted by Crippen LogP contribution is -2.33. The molecule has 1 aromatic carbocycles. The molecular formula is C15H21ClN2O5. The van der Waals surface area contributed by atoms with Gasteiger partial charge in [-0.3, -0.25) is 0 Å². The molecule has 1 saturated heterocycles. The van der Waals surface area contributed by atoms with Crippen LogP contribution in [0.4, 0.5) is 10.5 Å². The van der Waals surface area contributed by atoms with Crippen LogP contribution in [0, 0.1) is 0 Å². The molecule has 0 saturated carbocycles. The van der Waals surface area contributed by atoms with Crippen molar-refractivity contribution in [1.82, 2.24) is 4.90 Å². The smallest absolute Gasteiger partial charge is 0.321 e. The number of rotatable bonds is 6. The van der Waals surface area contributed by atoms with Gasteiger partial charge in [0.1, 0.15) is 11.5 Å². The van der Waals surface area contributed by atoms with Crippen LogP contribution in [0.3, 0.4) is 0 Å². The number of carbonyl (C=O) groups excluding carboxylic acids is 1. The summed E-state index contributed by atoms with van der Waals surface area (Å²) in [5.74, 6) is 0.945. The second kappa shape index (κ2) is 8.24. The van der Waals surface area contributed by atoms with E-state index in [1.807, 2.05) is 0 Å². The van der Waals surface area contributed by atoms with Crippen LogP contribution >= 0.6 is 11.6 Å². The highest BCUT2D eigenvalue weighted by Gasteiger charge is 2.19. The molecule has 0 spiro atoms. The number of methoxy groups -OCH3 is 2. The number of hydrogen-bond donors (Lipinski definition) is 1. The molecule has 2 rings (SSSR count). The Balaban J connectivity index is 1.96. The molecule has 7 nitrogen and oxygen atoms in total. The molecule has 1 N–H and O–H groups in total. The molecule has 1 aliphatic heterocycles. The number of halogens is 1. The van der Waals surface area contributed by atoms with E-state index in [0.29, 0.717) is 48.4 Å². The van der Waals surface area contributed by atoms with Crippen molar-refractivity contribution in [2.45, 2.75) is 12.7 Å². The van der Waals surface area contributed by atoms with E-state index in [9.17, 15) is 4.79 Å². The van der Waals surface area contributed by atoms with Crippen LogP contribution in [0.2, 0.25) is 5.02 Å². The fraction of sp³-hybridized carbons (Fsp3) is 0.533. The minimum Gasteiger partial charge on any atom is -0.495 e. The van der Waals surface area contributed by atoms with Crippen molar-refractivity contribution in [3.05, 3.63) is 17.2 Å². The van der Waals surface area contributed by atoms with Crippen LogP contribution < -0.4 is 14.8 Å². The Morgan fingerprint density at radius 3 is 2.57 bits per heavy atom. The lowest BCUT2D eigenvalue weighted by molar-refractivity contribution is -0.0488. The quantitative estimate of drug-likeness (QED) is 0.859. The zero-order valence-electron chi connectivity index (χ0n) is 13.4. The van der Waals surface area contributed by atoms with Gasteiger partial charge in [-0.1, -0.05) is 11.6 Å². The molecule has 1 heterocycles. The van der Waals surface area contributed by atoms with E-state index >= 15 is 0 Å². The van der Waals surface area contributed by atoms with Gasteiger partial charge in [0.2, 0.25) is 0 Å². The number of ether oxygens (including phenoxy) is 4. The van der Waals surface area contributed by atoms with Crippen molar-refractivity contribution in [2.24, 2.45) is 0 Å². The summed E-state index contributed by atoms with van der Waals surface area (Å²) < 4.78 is 21.1. The lowest BCUT2D eigenvalue weighted by atomic mass is 10.2. The van der Waals surface area contributed by atoms with E-state index in [1.54, 1.807) is 24.1 Å². The fourth-order valence-electron chi connectivity index (χ4n) is 2.14. The first-order valence-corrected chi connectivity index (χ1v) is 7.59. The topological polar surface area (TPSA) is 69.3 Å². The third-order valence-corrected chi connectivity index (χ3v) is 3.75. The molecule has 1 aromatic rings. The maximum Gasteiger partial charge on any atom is 0.321 e. The predicted molar refractivity (Wildman–Crippen MR) is 86.5 cm³/mol. The summed E-state index contributed by atoms with van der Waals surface area (Å²) in [6.45, 7) is 1.70. The Kier molecular flexibility index (Phi) is 6.32. The van der Waals surface area contributed by atoms with Crippen molar-refractivity contribution in [3.8, 4) is 11.5 Å². The molecule has 0 unspecified atom stereocenters. The van der Waals surface area contributed by atoms with Gasteiger partial charge in [-0.2, -0.15) is 0 Å². The van der Waals surface area contributed by atoms with Gasteiger partial charge in [0.05, 0.1) is 38.1 Å². The molecule has 1 aliphatic rings. The second-order valence-corrected chi connectivity index (χ2v) is 5.41. The molecule has 8 heteroatoms. The molecule has 0 aliphatic carbocycles. The molecule has 0 aromatic heterocycles. The molecule has 0 atom stereocenters. The minimum atomic E-state index is -0.275. The predicted octanol–water partition coefficient (Wildman–Crippen LogP) is 2.58. The van der Waals surface area contributed by atoms with Gasteiger partial charge < -0.3 is 29.2 Å². The molecular weight excluding hydrogens is 324 g/mol. The number of carbonyl (C=O) groups is 1. The highest BCUT2D eigenvalue weighted by molar-refractivity contribution is 6.32. The van der Waals surface area contributed by atoms with Crippen LogP contribution in [0.25, 0.3) is 0 Å². The van der Waals surface area contributed by atoms with Gasteiger partial charge in [0.15, 0.2) is 6.29 Å². The monoisotopic (exact) mass is 344 g/mol. The van der Waals surface area contributed by atoms with Crippen molar-refractivity contribution in [3.63, 3.8) is 0 Å². The van der Waals surface area contributed by atoms with Crippen LogP contribution in [-0.2, 0) is 9.47 Å². The van der Waals surface area contributed by atoms with Crippen LogP contribution in [-0.4, -0.2) is 58.2 Å². The van der Waals surface area contributed by atoms with E-state index in [-0.39, 0.29) is 12.3 Å². The minimum absolute atomic E-state index is 0.241. The Hall–Kier alpha value is -1.70. The first kappa shape index (κ1) is 17.7. The van der Waals surface area contributed by atoms with E-state index in [2.05, 4.69) is 5.32 Å². The van der Waals surface area contributed by atoms with Crippen LogP contribution in [0.15, 0.2) is 12.1 Å². The van der Waals surface area contributed by atoms with Crippen molar-refractivity contribution < 1.29 is 23.7 Å². The number of amides is 2. The fourth-order valence-corrected chi connectivity index (χ4v) is 2.38. The average Bonchev–Trinajstić information content (AvgIpc) is 3.06. The van der Waals surface area contributed by atoms with Gasteiger partial charge in [0, 0.05) is 26.1 Å². The van der Waals surface area contributed by atoms with E-state index in [4.69, 9.17) is 30.5 Å². The van der Waals surface area contributed by atoms with Gasteiger partial charge >= 0.3 is 6.03 Å². The number of urea groups is 1. The first-order valence-electron chi connectivity index (χ1n) is 7.22. The average molecular weight is 345 g/mol. The van der Waals surface area contributed by atoms with Gasteiger partial charge in [-0.05, 0) is 6.07 Å². The number of hydrogen-bond acceptors (Lipinski definition) is 5. The normalized spacial score (nSPS) is 14.6. The number of nitrogens with zero attached hydrogens (tertiary/aromatic N) is 1. The Morgan fingerprint density at radius 1 is 1.30 bits per heavy atom. The molecule has 2 amide bonds. The summed E-state index contributed by atoms with van der Waals surface area (Å²) in [5.41, 5.74) is 0.475. The lowest BCUT2D eigenvalue weighted by Gasteiger charge is -2.20. The number of benzene rings is 1. The van der Waals surface area contributed by atoms with Crippen LogP contribution in [0.5, 0.6) is 11.5 Å². The second-order valence-electron chi connectivity index (χ2n) is 5.00. The van der Waals surface area contributed by atoms with Crippen LogP contribution in [0.1, 0.15) is 6.42 Å². The Morgan fingerprint density at radius 2 is 1.96 bits per heavy atom. The van der Waals surface area contributed by atoms with Gasteiger partial charge in [-0.25, -0.2) is 4.79 Å². The van der Waals surface area contributed by atoms with Crippen molar-refractivity contribution >= 4 is 23.3 Å². The van der Waals surface area contributed by atoms with Crippen molar-refractivity contribution in [2.75, 3.05) is 46.3 Å². The number of anilines is 1. The van der Waals surface area contributed by atoms with E-state index in [0.717, 1.165) is 0 Å². The standard InChI is InChI=1S/C15H21ClN2O5/c1-18(5-4-14-22-6-7-23-14)15(19)17-11-8-10(16)12(20-2)9-13(11)21-3/h8-9,14H,4-7H2,1-3H3,(H,17,19). The summed E-state index contributed by atoms with van der Waals surface area (Å²) in [5, 5.41) is 3.16. The third kappa shape index (κ3) is 4.63. The summed E-state index contributed by atoms with van der Waals surface area (Å²) in [4.78, 5) is 13.8. The molecule has 1 fully saturated rings. The highest BCUT2D eigenvalue weighted by atomic mass is 35.5. The Bertz CT molecular complexity index is 549. The first-order chi connectivity index (χ1) is 11.0. The van der Waals surface area contributed by atoms with Gasteiger partial charge in [0.25, 0.3) is 0 Å². The summed E-state index contributed by atoms with van der Waals surface area (Å²) in [7, 11) is 4.72. The van der Waals surface area contributed by atoms with E-state index < -0.39 is 0 Å². The molecule has 0 bridgehead atoms. The molecule has 128 valence electrons. The number of nitrogens with one attached hydrogen (secondary N) is 1. The largest absolute Gasteiger partial charge is 0.495 e. The summed E-state index contributed by atoms with van der Waals surface area (Å²) >= 11 is 6.09. The molecule has 23 heavy (non-hydrogen) atoms. The highest BCUT2D eigenvalue weighted by Crippen LogP contribution is 2.35. The van der Waals surface area contributed by atoms with Crippen molar-refractivity contribution in [1.29, 1.82) is 0 Å². The molecule has 0 radical (unpaired) electrons. The zero-order valence-corrected chi connectivity index (χ0v) is 14.2. The maximum atomic E-state index is 12.3. The summed E-state index contributed by atoms with van der Waals surface area (Å²) in [6, 6.07) is 2.94.